The summed E-state index contributed by atoms with van der Waals surface area (Å²) in [5.41, 5.74) is 1.36. The van der Waals surface area contributed by atoms with Crippen molar-refractivity contribution in [2.45, 2.75) is 0 Å². The first-order chi connectivity index (χ1) is 7.68. The Bertz CT molecular complexity index is 540. The van der Waals surface area contributed by atoms with Gasteiger partial charge in [-0.05, 0) is 12.1 Å². The van der Waals surface area contributed by atoms with Gasteiger partial charge in [0.2, 0.25) is 5.78 Å². The van der Waals surface area contributed by atoms with Crippen molar-refractivity contribution >= 4 is 11.4 Å². The zero-order chi connectivity index (χ0) is 11.5. The van der Waals surface area contributed by atoms with E-state index in [-0.39, 0.29) is 5.78 Å². The van der Waals surface area contributed by atoms with Crippen molar-refractivity contribution < 1.29 is 4.79 Å². The van der Waals surface area contributed by atoms with Crippen LogP contribution in [-0.2, 0) is 0 Å². The molecule has 0 saturated carbocycles. The number of hydrogen-bond donors (Lipinski definition) is 0. The molecule has 0 aliphatic rings. The molecule has 0 aliphatic heterocycles. The molecule has 0 bridgehead atoms. The Balaban J connectivity index is 2.37. The zero-order valence-corrected chi connectivity index (χ0v) is 9.29. The molecule has 0 N–H and O–H groups in total. The standard InChI is InChI=1S/C12H13N3O/c1-14(2)8-6-11(16)10-9-13-12-5-3-4-7-15(10)12/h3-9H,1-2H3/b8-6+. The van der Waals surface area contributed by atoms with Gasteiger partial charge in [0.1, 0.15) is 11.3 Å². The molecule has 0 aromatic carbocycles. The Morgan fingerprint density at radius 3 is 3.00 bits per heavy atom. The fraction of sp³-hybridized carbons (Fsp3) is 0.167. The van der Waals surface area contributed by atoms with Crippen molar-refractivity contribution in [3.8, 4) is 0 Å². The number of imidazole rings is 1. The molecule has 2 aromatic heterocycles. The SMILES string of the molecule is CN(C)/C=C/C(=O)c1cnc2ccccn12. The van der Waals surface area contributed by atoms with Gasteiger partial charge in [0.25, 0.3) is 0 Å². The summed E-state index contributed by atoms with van der Waals surface area (Å²) in [6, 6.07) is 5.64. The van der Waals surface area contributed by atoms with E-state index >= 15 is 0 Å². The van der Waals surface area contributed by atoms with Crippen LogP contribution >= 0.6 is 0 Å². The molecule has 0 saturated heterocycles. The number of allylic oxidation sites excluding steroid dienone is 1. The Morgan fingerprint density at radius 1 is 1.44 bits per heavy atom. The number of carbonyl (C=O) groups is 1. The maximum atomic E-state index is 11.8. The lowest BCUT2D eigenvalue weighted by Crippen LogP contribution is -2.04. The first kappa shape index (κ1) is 10.4. The average Bonchev–Trinajstić information content (AvgIpc) is 2.69. The highest BCUT2D eigenvalue weighted by atomic mass is 16.1. The number of ketones is 1. The minimum Gasteiger partial charge on any atom is -0.383 e. The number of rotatable bonds is 3. The molecule has 0 unspecified atom stereocenters. The van der Waals surface area contributed by atoms with Crippen LogP contribution in [0.15, 0.2) is 42.9 Å². The lowest BCUT2D eigenvalue weighted by Gasteiger charge is -2.02. The smallest absolute Gasteiger partial charge is 0.205 e. The van der Waals surface area contributed by atoms with Crippen LogP contribution in [0.1, 0.15) is 10.5 Å². The second kappa shape index (κ2) is 4.18. The molecule has 2 aromatic rings. The van der Waals surface area contributed by atoms with Gasteiger partial charge in [0, 0.05) is 32.6 Å². The Labute approximate surface area is 93.8 Å². The predicted molar refractivity (Wildman–Crippen MR) is 62.3 cm³/mol. The lowest BCUT2D eigenvalue weighted by atomic mass is 10.3. The lowest BCUT2D eigenvalue weighted by molar-refractivity contribution is 0.104. The van der Waals surface area contributed by atoms with Gasteiger partial charge in [-0.3, -0.25) is 9.20 Å². The van der Waals surface area contributed by atoms with Gasteiger partial charge in [0.05, 0.1) is 6.20 Å². The molecule has 4 heteroatoms. The second-order valence-electron chi connectivity index (χ2n) is 3.72. The van der Waals surface area contributed by atoms with Crippen LogP contribution in [0.4, 0.5) is 0 Å². The van der Waals surface area contributed by atoms with E-state index in [0.717, 1.165) is 5.65 Å². The number of carbonyl (C=O) groups excluding carboxylic acids is 1. The molecule has 0 fully saturated rings. The fourth-order valence-corrected chi connectivity index (χ4v) is 1.42. The highest BCUT2D eigenvalue weighted by Gasteiger charge is 2.08. The Morgan fingerprint density at radius 2 is 2.25 bits per heavy atom. The summed E-state index contributed by atoms with van der Waals surface area (Å²) in [4.78, 5) is 17.8. The molecule has 0 aliphatic carbocycles. The summed E-state index contributed by atoms with van der Waals surface area (Å²) < 4.78 is 1.78. The third kappa shape index (κ3) is 1.95. The van der Waals surface area contributed by atoms with Crippen molar-refractivity contribution in [3.63, 3.8) is 0 Å². The summed E-state index contributed by atoms with van der Waals surface area (Å²) in [6.07, 6.45) is 6.69. The van der Waals surface area contributed by atoms with Crippen LogP contribution in [0.2, 0.25) is 0 Å². The largest absolute Gasteiger partial charge is 0.383 e. The number of pyridine rings is 1. The molecule has 0 spiro atoms. The zero-order valence-electron chi connectivity index (χ0n) is 9.29. The second-order valence-corrected chi connectivity index (χ2v) is 3.72. The van der Waals surface area contributed by atoms with Crippen LogP contribution in [0.3, 0.4) is 0 Å². The summed E-state index contributed by atoms with van der Waals surface area (Å²) in [5.74, 6) is -0.0487. The van der Waals surface area contributed by atoms with Crippen molar-refractivity contribution in [2.75, 3.05) is 14.1 Å². The molecule has 0 atom stereocenters. The number of fused-ring (bicyclic) bond motifs is 1. The van der Waals surface area contributed by atoms with Crippen molar-refractivity contribution in [3.05, 3.63) is 48.6 Å². The predicted octanol–water partition coefficient (Wildman–Crippen LogP) is 1.59. The molecular weight excluding hydrogens is 202 g/mol. The van der Waals surface area contributed by atoms with Crippen LogP contribution in [0.5, 0.6) is 0 Å². The van der Waals surface area contributed by atoms with E-state index in [9.17, 15) is 4.79 Å². The molecule has 2 rings (SSSR count). The molecule has 0 amide bonds. The minimum absolute atomic E-state index is 0.0487. The maximum Gasteiger partial charge on any atom is 0.205 e. The van der Waals surface area contributed by atoms with Gasteiger partial charge >= 0.3 is 0 Å². The summed E-state index contributed by atoms with van der Waals surface area (Å²) >= 11 is 0. The van der Waals surface area contributed by atoms with Crippen molar-refractivity contribution in [1.82, 2.24) is 14.3 Å². The van der Waals surface area contributed by atoms with E-state index in [4.69, 9.17) is 0 Å². The van der Waals surface area contributed by atoms with E-state index in [1.54, 1.807) is 16.8 Å². The number of nitrogens with zero attached hydrogens (tertiary/aromatic N) is 3. The van der Waals surface area contributed by atoms with Crippen LogP contribution < -0.4 is 0 Å². The summed E-state index contributed by atoms with van der Waals surface area (Å²) in [5, 5.41) is 0. The average molecular weight is 215 g/mol. The molecule has 4 nitrogen and oxygen atoms in total. The third-order valence-electron chi connectivity index (χ3n) is 2.19. The Hall–Kier alpha value is -2.10. The van der Waals surface area contributed by atoms with Crippen LogP contribution in [-0.4, -0.2) is 34.2 Å². The van der Waals surface area contributed by atoms with E-state index in [1.165, 1.54) is 6.08 Å². The van der Waals surface area contributed by atoms with E-state index in [0.29, 0.717) is 5.69 Å². The van der Waals surface area contributed by atoms with E-state index < -0.39 is 0 Å². The molecule has 16 heavy (non-hydrogen) atoms. The van der Waals surface area contributed by atoms with E-state index in [1.807, 2.05) is 43.4 Å². The monoisotopic (exact) mass is 215 g/mol. The quantitative estimate of drug-likeness (QED) is 0.576. The van der Waals surface area contributed by atoms with Gasteiger partial charge in [-0.25, -0.2) is 4.98 Å². The topological polar surface area (TPSA) is 37.6 Å². The number of hydrogen-bond acceptors (Lipinski definition) is 3. The maximum absolute atomic E-state index is 11.8. The van der Waals surface area contributed by atoms with Crippen molar-refractivity contribution in [1.29, 1.82) is 0 Å². The number of aromatic nitrogens is 2. The summed E-state index contributed by atoms with van der Waals surface area (Å²) in [6.45, 7) is 0. The van der Waals surface area contributed by atoms with Crippen LogP contribution in [0, 0.1) is 0 Å². The first-order valence-electron chi connectivity index (χ1n) is 4.99. The summed E-state index contributed by atoms with van der Waals surface area (Å²) in [7, 11) is 3.75. The van der Waals surface area contributed by atoms with Gasteiger partial charge in [-0.15, -0.1) is 0 Å². The highest BCUT2D eigenvalue weighted by molar-refractivity contribution is 6.03. The molecule has 82 valence electrons. The van der Waals surface area contributed by atoms with Crippen molar-refractivity contribution in [2.24, 2.45) is 0 Å². The minimum atomic E-state index is -0.0487. The van der Waals surface area contributed by atoms with Gasteiger partial charge in [-0.1, -0.05) is 6.07 Å². The Kier molecular flexibility index (Phi) is 2.72. The molecular formula is C12H13N3O. The van der Waals surface area contributed by atoms with Gasteiger partial charge in [0.15, 0.2) is 0 Å². The van der Waals surface area contributed by atoms with Gasteiger partial charge < -0.3 is 4.90 Å². The van der Waals surface area contributed by atoms with Gasteiger partial charge in [-0.2, -0.15) is 0 Å². The van der Waals surface area contributed by atoms with E-state index in [2.05, 4.69) is 4.98 Å². The van der Waals surface area contributed by atoms with Crippen LogP contribution in [0.25, 0.3) is 5.65 Å². The molecule has 2 heterocycles. The molecule has 0 radical (unpaired) electrons. The fourth-order valence-electron chi connectivity index (χ4n) is 1.42. The third-order valence-corrected chi connectivity index (χ3v) is 2.19. The normalized spacial score (nSPS) is 11.1. The highest BCUT2D eigenvalue weighted by Crippen LogP contribution is 2.07. The first-order valence-corrected chi connectivity index (χ1v) is 4.99.